The van der Waals surface area contributed by atoms with Gasteiger partial charge in [0.2, 0.25) is 4.77 Å². The minimum Gasteiger partial charge on any atom is -0.423 e. The highest BCUT2D eigenvalue weighted by Gasteiger charge is 2.37. The maximum absolute atomic E-state index is 12.9. The third-order valence-electron chi connectivity index (χ3n) is 3.40. The highest BCUT2D eigenvalue weighted by atomic mass is 32.1. The first-order chi connectivity index (χ1) is 13.2. The van der Waals surface area contributed by atoms with Gasteiger partial charge in [0.25, 0.3) is 5.82 Å². The molecule has 3 rings (SSSR count). The zero-order valence-electron chi connectivity index (χ0n) is 13.8. The van der Waals surface area contributed by atoms with Gasteiger partial charge in [-0.15, -0.1) is 5.10 Å². The minimum atomic E-state index is -4.72. The van der Waals surface area contributed by atoms with E-state index in [1.165, 1.54) is 36.4 Å². The van der Waals surface area contributed by atoms with Gasteiger partial charge < -0.3 is 4.74 Å². The molecule has 6 nitrogen and oxygen atoms in total. The molecule has 0 aliphatic rings. The van der Waals surface area contributed by atoms with Crippen molar-refractivity contribution < 1.29 is 27.1 Å². The van der Waals surface area contributed by atoms with Crippen molar-refractivity contribution in [2.75, 3.05) is 0 Å². The largest absolute Gasteiger partial charge is 0.453 e. The van der Waals surface area contributed by atoms with Crippen molar-refractivity contribution in [1.29, 1.82) is 0 Å². The monoisotopic (exact) mass is 410 g/mol. The molecule has 0 radical (unpaired) electrons. The van der Waals surface area contributed by atoms with Crippen LogP contribution in [0.25, 0.3) is 0 Å². The fraction of sp³-hybridized carbons (Fsp3) is 0.0588. The Labute approximate surface area is 160 Å². The Bertz CT molecular complexity index is 1070. The van der Waals surface area contributed by atoms with E-state index >= 15 is 0 Å². The average molecular weight is 410 g/mol. The van der Waals surface area contributed by atoms with Gasteiger partial charge in [-0.05, 0) is 66.3 Å². The standard InChI is InChI=1S/C17H10F4N4O2S/c18-12-5-3-11(4-6-12)14(26)27-13-7-1-10(2-8-13)9-22-25-15(17(19,20)21)23-24-16(25)28/h1-9H,(H,24,28)/b22-9-. The van der Waals surface area contributed by atoms with E-state index in [1.54, 1.807) is 0 Å². The summed E-state index contributed by atoms with van der Waals surface area (Å²) in [5.41, 5.74) is 0.596. The van der Waals surface area contributed by atoms with Gasteiger partial charge in [-0.2, -0.15) is 22.9 Å². The van der Waals surface area contributed by atoms with E-state index in [0.29, 0.717) is 10.2 Å². The summed E-state index contributed by atoms with van der Waals surface area (Å²) in [7, 11) is 0. The van der Waals surface area contributed by atoms with Crippen molar-refractivity contribution >= 4 is 24.4 Å². The molecule has 1 N–H and O–H groups in total. The molecule has 0 atom stereocenters. The molecule has 0 unspecified atom stereocenters. The Morgan fingerprint density at radius 3 is 2.39 bits per heavy atom. The second-order valence-electron chi connectivity index (χ2n) is 5.37. The maximum atomic E-state index is 12.9. The van der Waals surface area contributed by atoms with Crippen molar-refractivity contribution in [3.63, 3.8) is 0 Å². The van der Waals surface area contributed by atoms with Crippen LogP contribution >= 0.6 is 12.2 Å². The van der Waals surface area contributed by atoms with Crippen LogP contribution < -0.4 is 4.74 Å². The van der Waals surface area contributed by atoms with Crippen LogP contribution in [0, 0.1) is 10.6 Å². The van der Waals surface area contributed by atoms with Crippen LogP contribution in [0.15, 0.2) is 53.6 Å². The fourth-order valence-corrected chi connectivity index (χ4v) is 2.26. The number of hydrogen-bond donors (Lipinski definition) is 1. The molecule has 0 saturated carbocycles. The molecular weight excluding hydrogens is 400 g/mol. The molecule has 0 spiro atoms. The third kappa shape index (κ3) is 4.49. The number of hydrogen-bond acceptors (Lipinski definition) is 5. The maximum Gasteiger partial charge on any atom is 0.453 e. The highest BCUT2D eigenvalue weighted by molar-refractivity contribution is 7.71. The van der Waals surface area contributed by atoms with E-state index < -0.39 is 23.8 Å². The van der Waals surface area contributed by atoms with E-state index in [9.17, 15) is 22.4 Å². The van der Waals surface area contributed by atoms with Crippen molar-refractivity contribution in [2.24, 2.45) is 5.10 Å². The quantitative estimate of drug-likeness (QED) is 0.230. The number of rotatable bonds is 4. The van der Waals surface area contributed by atoms with Gasteiger partial charge >= 0.3 is 12.1 Å². The molecule has 0 saturated heterocycles. The minimum absolute atomic E-state index is 0.168. The molecule has 1 aromatic heterocycles. The summed E-state index contributed by atoms with van der Waals surface area (Å²) in [6, 6.07) is 10.7. The number of ether oxygens (including phenoxy) is 1. The van der Waals surface area contributed by atoms with E-state index in [2.05, 4.69) is 10.2 Å². The van der Waals surface area contributed by atoms with Gasteiger partial charge in [0.1, 0.15) is 11.6 Å². The first-order valence-corrected chi connectivity index (χ1v) is 8.01. The summed E-state index contributed by atoms with van der Waals surface area (Å²) in [5, 5.41) is 8.82. The van der Waals surface area contributed by atoms with Gasteiger partial charge in [0, 0.05) is 0 Å². The predicted octanol–water partition coefficient (Wildman–Crippen LogP) is 4.20. The normalized spacial score (nSPS) is 11.7. The first-order valence-electron chi connectivity index (χ1n) is 7.61. The van der Waals surface area contributed by atoms with Crippen molar-refractivity contribution in [3.8, 4) is 5.75 Å². The molecular formula is C17H10F4N4O2S. The van der Waals surface area contributed by atoms with Gasteiger partial charge in [-0.25, -0.2) is 14.3 Å². The number of halogens is 4. The summed E-state index contributed by atoms with van der Waals surface area (Å²) in [6.07, 6.45) is -3.57. The summed E-state index contributed by atoms with van der Waals surface area (Å²) in [6.45, 7) is 0. The highest BCUT2D eigenvalue weighted by Crippen LogP contribution is 2.27. The van der Waals surface area contributed by atoms with Gasteiger partial charge in [0.05, 0.1) is 11.8 Å². The second-order valence-corrected chi connectivity index (χ2v) is 5.76. The second kappa shape index (κ2) is 7.72. The average Bonchev–Trinajstić information content (AvgIpc) is 3.02. The van der Waals surface area contributed by atoms with Gasteiger partial charge in [0.15, 0.2) is 0 Å². The molecule has 0 fully saturated rings. The summed E-state index contributed by atoms with van der Waals surface area (Å²) in [4.78, 5) is 12.0. The number of nitrogens with one attached hydrogen (secondary N) is 1. The van der Waals surface area contributed by atoms with E-state index in [4.69, 9.17) is 17.0 Å². The number of alkyl halides is 3. The summed E-state index contributed by atoms with van der Waals surface area (Å²) < 4.78 is 56.6. The molecule has 1 heterocycles. The lowest BCUT2D eigenvalue weighted by atomic mass is 10.2. The Kier molecular flexibility index (Phi) is 5.36. The Morgan fingerprint density at radius 1 is 1.14 bits per heavy atom. The van der Waals surface area contributed by atoms with Crippen LogP contribution in [0.5, 0.6) is 5.75 Å². The van der Waals surface area contributed by atoms with Crippen LogP contribution in [0.4, 0.5) is 17.6 Å². The topological polar surface area (TPSA) is 72.3 Å². The molecule has 11 heteroatoms. The van der Waals surface area contributed by atoms with E-state index in [-0.39, 0.29) is 16.1 Å². The third-order valence-corrected chi connectivity index (χ3v) is 3.66. The zero-order valence-corrected chi connectivity index (χ0v) is 14.6. The van der Waals surface area contributed by atoms with Crippen molar-refractivity contribution in [1.82, 2.24) is 14.9 Å². The number of aromatic nitrogens is 3. The Morgan fingerprint density at radius 2 is 1.79 bits per heavy atom. The lowest BCUT2D eigenvalue weighted by molar-refractivity contribution is -0.147. The van der Waals surface area contributed by atoms with Crippen LogP contribution in [-0.4, -0.2) is 27.1 Å². The van der Waals surface area contributed by atoms with Crippen LogP contribution in [0.1, 0.15) is 21.7 Å². The SMILES string of the molecule is O=C(Oc1ccc(/C=N\n2c(C(F)(F)F)n[nH]c2=S)cc1)c1ccc(F)cc1. The number of esters is 1. The summed E-state index contributed by atoms with van der Waals surface area (Å²) >= 11 is 4.73. The number of H-pyrrole nitrogens is 1. The molecule has 0 bridgehead atoms. The molecule has 0 aliphatic carbocycles. The predicted molar refractivity (Wildman–Crippen MR) is 93.2 cm³/mol. The van der Waals surface area contributed by atoms with Crippen LogP contribution in [-0.2, 0) is 6.18 Å². The first kappa shape index (κ1) is 19.4. The molecule has 0 amide bonds. The van der Waals surface area contributed by atoms with E-state index in [1.807, 2.05) is 5.10 Å². The van der Waals surface area contributed by atoms with Gasteiger partial charge in [-0.3, -0.25) is 0 Å². The van der Waals surface area contributed by atoms with Crippen molar-refractivity contribution in [2.45, 2.75) is 6.18 Å². The lowest BCUT2D eigenvalue weighted by Crippen LogP contribution is -2.12. The number of carbonyl (C=O) groups is 1. The molecule has 3 aromatic rings. The van der Waals surface area contributed by atoms with Crippen LogP contribution in [0.3, 0.4) is 0 Å². The van der Waals surface area contributed by atoms with Crippen molar-refractivity contribution in [3.05, 3.63) is 76.1 Å². The Hall–Kier alpha value is -3.34. The number of carbonyl (C=O) groups excluding carboxylic acids is 1. The molecule has 144 valence electrons. The number of benzene rings is 2. The number of nitrogens with zero attached hydrogens (tertiary/aromatic N) is 3. The Balaban J connectivity index is 1.72. The molecule has 28 heavy (non-hydrogen) atoms. The summed E-state index contributed by atoms with van der Waals surface area (Å²) in [5.74, 6) is -2.24. The lowest BCUT2D eigenvalue weighted by Gasteiger charge is -2.05. The van der Waals surface area contributed by atoms with E-state index in [0.717, 1.165) is 18.3 Å². The fourth-order valence-electron chi connectivity index (χ4n) is 2.08. The smallest absolute Gasteiger partial charge is 0.423 e. The number of aromatic amines is 1. The van der Waals surface area contributed by atoms with Gasteiger partial charge in [-0.1, -0.05) is 0 Å². The van der Waals surface area contributed by atoms with Crippen LogP contribution in [0.2, 0.25) is 0 Å². The molecule has 0 aliphatic heterocycles. The molecule has 2 aromatic carbocycles. The zero-order chi connectivity index (χ0) is 20.3.